The molecule has 0 spiro atoms. The summed E-state index contributed by atoms with van der Waals surface area (Å²) in [6, 6.07) is 8.33. The number of aromatic hydroxyl groups is 1. The molecule has 2 aromatic heterocycles. The number of hydrogen-bond acceptors (Lipinski definition) is 4. The molecule has 2 heterocycles. The van der Waals surface area contributed by atoms with E-state index in [-0.39, 0.29) is 11.7 Å². The summed E-state index contributed by atoms with van der Waals surface area (Å²) in [6.07, 6.45) is 1.50. The van der Waals surface area contributed by atoms with E-state index in [0.29, 0.717) is 11.3 Å². The number of pyridine rings is 1. The quantitative estimate of drug-likeness (QED) is 0.706. The highest BCUT2D eigenvalue weighted by Crippen LogP contribution is 2.23. The van der Waals surface area contributed by atoms with Crippen LogP contribution in [0.25, 0.3) is 11.0 Å². The molecule has 0 aliphatic heterocycles. The highest BCUT2D eigenvalue weighted by Gasteiger charge is 2.13. The molecule has 2 N–H and O–H groups in total. The predicted molar refractivity (Wildman–Crippen MR) is 79.3 cm³/mol. The van der Waals surface area contributed by atoms with Crippen molar-refractivity contribution in [3.63, 3.8) is 0 Å². The van der Waals surface area contributed by atoms with E-state index in [1.807, 2.05) is 14.0 Å². The number of hydrogen-bond donors (Lipinski definition) is 2. The number of para-hydroxylation sites is 2. The summed E-state index contributed by atoms with van der Waals surface area (Å²) in [5, 5.41) is 17.4. The van der Waals surface area contributed by atoms with Crippen LogP contribution in [0.5, 0.6) is 5.75 Å². The fraction of sp³-hybridized carbons (Fsp3) is 0.133. The number of aryl methyl sites for hydroxylation is 2. The van der Waals surface area contributed by atoms with Crippen molar-refractivity contribution in [2.45, 2.75) is 6.92 Å². The number of phenolic OH excluding ortho intramolecular Hbond substituents is 1. The topological polar surface area (TPSA) is 80.0 Å². The number of carbonyl (C=O) groups is 1. The normalized spacial score (nSPS) is 10.8. The Morgan fingerprint density at radius 1 is 1.33 bits per heavy atom. The molecule has 0 bridgehead atoms. The standard InChI is InChI=1S/C15H14N4O2/c1-9-11-7-10(8-16-14(11)19(2)18-9)15(21)17-12-5-3-4-6-13(12)20/h3-8,20H,1-2H3,(H,17,21). The third kappa shape index (κ3) is 2.31. The van der Waals surface area contributed by atoms with Crippen molar-refractivity contribution < 1.29 is 9.90 Å². The Bertz CT molecular complexity index is 839. The summed E-state index contributed by atoms with van der Waals surface area (Å²) < 4.78 is 1.68. The van der Waals surface area contributed by atoms with Gasteiger partial charge in [-0.15, -0.1) is 0 Å². The first-order chi connectivity index (χ1) is 10.1. The lowest BCUT2D eigenvalue weighted by molar-refractivity contribution is 0.102. The summed E-state index contributed by atoms with van der Waals surface area (Å²) in [7, 11) is 1.81. The molecule has 6 nitrogen and oxygen atoms in total. The van der Waals surface area contributed by atoms with Crippen molar-refractivity contribution in [2.24, 2.45) is 7.05 Å². The van der Waals surface area contributed by atoms with Crippen molar-refractivity contribution in [1.29, 1.82) is 0 Å². The van der Waals surface area contributed by atoms with Crippen LogP contribution in [0, 0.1) is 6.92 Å². The van der Waals surface area contributed by atoms with Gasteiger partial charge < -0.3 is 10.4 Å². The van der Waals surface area contributed by atoms with Gasteiger partial charge in [0.2, 0.25) is 0 Å². The molecular formula is C15H14N4O2. The van der Waals surface area contributed by atoms with Crippen molar-refractivity contribution in [3.05, 3.63) is 47.8 Å². The summed E-state index contributed by atoms with van der Waals surface area (Å²) in [5.74, 6) is -0.299. The highest BCUT2D eigenvalue weighted by atomic mass is 16.3. The third-order valence-electron chi connectivity index (χ3n) is 3.28. The van der Waals surface area contributed by atoms with E-state index in [4.69, 9.17) is 0 Å². The van der Waals surface area contributed by atoms with Crippen LogP contribution in [0.4, 0.5) is 5.69 Å². The maximum Gasteiger partial charge on any atom is 0.257 e. The van der Waals surface area contributed by atoms with E-state index in [1.54, 1.807) is 28.9 Å². The monoisotopic (exact) mass is 282 g/mol. The van der Waals surface area contributed by atoms with Crippen molar-refractivity contribution in [1.82, 2.24) is 14.8 Å². The van der Waals surface area contributed by atoms with E-state index in [9.17, 15) is 9.90 Å². The number of aromatic nitrogens is 3. The lowest BCUT2D eigenvalue weighted by atomic mass is 10.2. The van der Waals surface area contributed by atoms with Gasteiger partial charge in [-0.05, 0) is 25.1 Å². The van der Waals surface area contributed by atoms with Gasteiger partial charge in [0.05, 0.1) is 16.9 Å². The van der Waals surface area contributed by atoms with Crippen LogP contribution in [0.3, 0.4) is 0 Å². The number of anilines is 1. The second-order valence-electron chi connectivity index (χ2n) is 4.78. The molecule has 106 valence electrons. The lowest BCUT2D eigenvalue weighted by Crippen LogP contribution is -2.12. The molecule has 6 heteroatoms. The number of rotatable bonds is 2. The predicted octanol–water partition coefficient (Wildman–Crippen LogP) is 2.23. The third-order valence-corrected chi connectivity index (χ3v) is 3.28. The smallest absolute Gasteiger partial charge is 0.257 e. The minimum atomic E-state index is -0.325. The minimum Gasteiger partial charge on any atom is -0.506 e. The van der Waals surface area contributed by atoms with Gasteiger partial charge in [-0.2, -0.15) is 5.10 Å². The lowest BCUT2D eigenvalue weighted by Gasteiger charge is -2.07. The van der Waals surface area contributed by atoms with Gasteiger partial charge in [0, 0.05) is 18.6 Å². The van der Waals surface area contributed by atoms with Gasteiger partial charge in [0.25, 0.3) is 5.91 Å². The first-order valence-electron chi connectivity index (χ1n) is 6.45. The molecule has 0 saturated heterocycles. The van der Waals surface area contributed by atoms with Gasteiger partial charge in [-0.25, -0.2) is 4.98 Å². The summed E-state index contributed by atoms with van der Waals surface area (Å²) >= 11 is 0. The maximum absolute atomic E-state index is 12.2. The van der Waals surface area contributed by atoms with E-state index >= 15 is 0 Å². The average Bonchev–Trinajstić information content (AvgIpc) is 2.76. The van der Waals surface area contributed by atoms with Crippen LogP contribution >= 0.6 is 0 Å². The van der Waals surface area contributed by atoms with Crippen molar-refractivity contribution in [3.8, 4) is 5.75 Å². The van der Waals surface area contributed by atoms with Crippen molar-refractivity contribution in [2.75, 3.05) is 5.32 Å². The summed E-state index contributed by atoms with van der Waals surface area (Å²) in [6.45, 7) is 1.87. The minimum absolute atomic E-state index is 0.0254. The molecule has 3 aromatic rings. The fourth-order valence-electron chi connectivity index (χ4n) is 2.21. The number of nitrogens with one attached hydrogen (secondary N) is 1. The molecule has 3 rings (SSSR count). The Kier molecular flexibility index (Phi) is 3.06. The Hall–Kier alpha value is -2.89. The van der Waals surface area contributed by atoms with Crippen LogP contribution in [0.2, 0.25) is 0 Å². The number of carbonyl (C=O) groups excluding carboxylic acids is 1. The number of phenols is 1. The molecule has 0 saturated carbocycles. The number of amides is 1. The molecule has 0 aliphatic carbocycles. The van der Waals surface area contributed by atoms with E-state index in [1.165, 1.54) is 12.3 Å². The Labute approximate surface area is 121 Å². The Balaban J connectivity index is 1.95. The summed E-state index contributed by atoms with van der Waals surface area (Å²) in [5.41, 5.74) is 2.33. The van der Waals surface area contributed by atoms with Crippen LogP contribution in [-0.2, 0) is 7.05 Å². The molecule has 0 atom stereocenters. The van der Waals surface area contributed by atoms with Gasteiger partial charge in [-0.3, -0.25) is 9.48 Å². The van der Waals surface area contributed by atoms with Crippen molar-refractivity contribution >= 4 is 22.6 Å². The Morgan fingerprint density at radius 2 is 2.10 bits per heavy atom. The van der Waals surface area contributed by atoms with Crippen LogP contribution in [0.1, 0.15) is 16.1 Å². The highest BCUT2D eigenvalue weighted by molar-refractivity contribution is 6.06. The zero-order valence-corrected chi connectivity index (χ0v) is 11.7. The molecule has 21 heavy (non-hydrogen) atoms. The van der Waals surface area contributed by atoms with E-state index < -0.39 is 0 Å². The first kappa shape index (κ1) is 13.1. The molecule has 1 amide bonds. The maximum atomic E-state index is 12.2. The van der Waals surface area contributed by atoms with Gasteiger partial charge >= 0.3 is 0 Å². The molecule has 0 aliphatic rings. The second kappa shape index (κ2) is 4.90. The SMILES string of the molecule is Cc1nn(C)c2ncc(C(=O)Nc3ccccc3O)cc12. The van der Waals surface area contributed by atoms with E-state index in [0.717, 1.165) is 16.7 Å². The second-order valence-corrected chi connectivity index (χ2v) is 4.78. The fourth-order valence-corrected chi connectivity index (χ4v) is 2.21. The molecule has 0 fully saturated rings. The van der Waals surface area contributed by atoms with Crippen LogP contribution < -0.4 is 5.32 Å². The number of benzene rings is 1. The van der Waals surface area contributed by atoms with Gasteiger partial charge in [0.15, 0.2) is 5.65 Å². The zero-order chi connectivity index (χ0) is 15.0. The summed E-state index contributed by atoms with van der Waals surface area (Å²) in [4.78, 5) is 16.5. The molecule has 0 unspecified atom stereocenters. The first-order valence-corrected chi connectivity index (χ1v) is 6.45. The van der Waals surface area contributed by atoms with Gasteiger partial charge in [0.1, 0.15) is 5.75 Å². The molecule has 0 radical (unpaired) electrons. The Morgan fingerprint density at radius 3 is 2.86 bits per heavy atom. The largest absolute Gasteiger partial charge is 0.506 e. The van der Waals surface area contributed by atoms with Crippen LogP contribution in [0.15, 0.2) is 36.5 Å². The molecule has 1 aromatic carbocycles. The number of fused-ring (bicyclic) bond motifs is 1. The number of nitrogens with zero attached hydrogens (tertiary/aromatic N) is 3. The average molecular weight is 282 g/mol. The van der Waals surface area contributed by atoms with Crippen LogP contribution in [-0.4, -0.2) is 25.8 Å². The van der Waals surface area contributed by atoms with E-state index in [2.05, 4.69) is 15.4 Å². The van der Waals surface area contributed by atoms with Gasteiger partial charge in [-0.1, -0.05) is 12.1 Å². The zero-order valence-electron chi connectivity index (χ0n) is 11.7. The molecular weight excluding hydrogens is 268 g/mol.